The van der Waals surface area contributed by atoms with Crippen molar-refractivity contribution < 1.29 is 31.5 Å². The Morgan fingerprint density at radius 2 is 1.89 bits per heavy atom. The fraction of sp³-hybridized carbons (Fsp3) is 0.333. The van der Waals surface area contributed by atoms with E-state index in [1.54, 1.807) is 4.90 Å². The lowest BCUT2D eigenvalue weighted by Crippen LogP contribution is -2.49. The van der Waals surface area contributed by atoms with Gasteiger partial charge in [0.1, 0.15) is 15.6 Å². The molecule has 0 aliphatic carbocycles. The minimum absolute atomic E-state index is 0.0102. The number of carboxylic acids is 1. The van der Waals surface area contributed by atoms with Gasteiger partial charge in [0.2, 0.25) is 10.0 Å². The van der Waals surface area contributed by atoms with Crippen LogP contribution in [0.15, 0.2) is 28.6 Å². The SMILES string of the molecule is O=C(O)c1sccc1S(=O)(=O)N1CCN(c2ncc(C(F)(F)F)cc2Cl)CC1. The van der Waals surface area contributed by atoms with Crippen LogP contribution < -0.4 is 4.90 Å². The summed E-state index contributed by atoms with van der Waals surface area (Å²) in [5, 5.41) is 10.3. The molecule has 0 saturated carbocycles. The maximum Gasteiger partial charge on any atom is 0.417 e. The van der Waals surface area contributed by atoms with Gasteiger partial charge in [-0.15, -0.1) is 11.3 Å². The molecule has 1 N–H and O–H groups in total. The summed E-state index contributed by atoms with van der Waals surface area (Å²) in [6.07, 6.45) is -3.89. The van der Waals surface area contributed by atoms with E-state index in [-0.39, 0.29) is 46.8 Å². The molecule has 2 aromatic heterocycles. The number of aromatic nitrogens is 1. The molecular formula is C15H13ClF3N3O4S2. The van der Waals surface area contributed by atoms with E-state index in [2.05, 4.69) is 4.98 Å². The quantitative estimate of drug-likeness (QED) is 0.762. The van der Waals surface area contributed by atoms with Gasteiger partial charge < -0.3 is 10.0 Å². The van der Waals surface area contributed by atoms with Gasteiger partial charge in [-0.2, -0.15) is 17.5 Å². The summed E-state index contributed by atoms with van der Waals surface area (Å²) in [5.74, 6) is -1.19. The highest BCUT2D eigenvalue weighted by molar-refractivity contribution is 7.89. The van der Waals surface area contributed by atoms with Crippen molar-refractivity contribution in [2.24, 2.45) is 0 Å². The summed E-state index contributed by atoms with van der Waals surface area (Å²) in [6, 6.07) is 2.02. The average molecular weight is 456 g/mol. The monoisotopic (exact) mass is 455 g/mol. The normalized spacial score (nSPS) is 16.4. The van der Waals surface area contributed by atoms with Crippen LogP contribution in [0.25, 0.3) is 0 Å². The molecule has 1 saturated heterocycles. The number of sulfonamides is 1. The number of alkyl halides is 3. The Morgan fingerprint density at radius 3 is 2.43 bits per heavy atom. The molecule has 3 heterocycles. The summed E-state index contributed by atoms with van der Waals surface area (Å²) in [5.41, 5.74) is -0.971. The lowest BCUT2D eigenvalue weighted by molar-refractivity contribution is -0.137. The standard InChI is InChI=1S/C15H13ClF3N3O4S2/c16-10-7-9(15(17,18)19)8-20-13(10)21-2-4-22(5-3-21)28(25,26)11-1-6-27-12(11)14(23)24/h1,6-8H,2-5H2,(H,23,24). The highest BCUT2D eigenvalue weighted by Crippen LogP contribution is 2.34. The smallest absolute Gasteiger partial charge is 0.417 e. The number of anilines is 1. The fourth-order valence-electron chi connectivity index (χ4n) is 2.75. The molecule has 2 aromatic rings. The van der Waals surface area contributed by atoms with E-state index < -0.39 is 27.7 Å². The van der Waals surface area contributed by atoms with Crippen LogP contribution in [0.2, 0.25) is 5.02 Å². The number of hydrogen-bond acceptors (Lipinski definition) is 6. The summed E-state index contributed by atoms with van der Waals surface area (Å²) in [4.78, 5) is 16.0. The number of thiophene rings is 1. The Balaban J connectivity index is 1.76. The average Bonchev–Trinajstić information content (AvgIpc) is 3.12. The summed E-state index contributed by atoms with van der Waals surface area (Å²) in [7, 11) is -4.00. The van der Waals surface area contributed by atoms with Crippen molar-refractivity contribution >= 4 is 44.7 Å². The predicted molar refractivity (Wildman–Crippen MR) is 96.5 cm³/mol. The van der Waals surface area contributed by atoms with Gasteiger partial charge in [0.15, 0.2) is 0 Å². The number of rotatable bonds is 4. The molecule has 7 nitrogen and oxygen atoms in total. The molecule has 0 bridgehead atoms. The minimum Gasteiger partial charge on any atom is -0.477 e. The molecule has 0 aromatic carbocycles. The lowest BCUT2D eigenvalue weighted by atomic mass is 10.2. The van der Waals surface area contributed by atoms with E-state index in [1.807, 2.05) is 0 Å². The van der Waals surface area contributed by atoms with Crippen molar-refractivity contribution in [1.82, 2.24) is 9.29 Å². The first-order chi connectivity index (χ1) is 13.0. The van der Waals surface area contributed by atoms with Crippen LogP contribution in [0.3, 0.4) is 0 Å². The molecule has 28 heavy (non-hydrogen) atoms. The molecule has 1 aliphatic heterocycles. The Kier molecular flexibility index (Phi) is 5.58. The summed E-state index contributed by atoms with van der Waals surface area (Å²) < 4.78 is 64.7. The zero-order chi connectivity index (χ0) is 20.7. The van der Waals surface area contributed by atoms with Gasteiger partial charge >= 0.3 is 12.1 Å². The fourth-order valence-corrected chi connectivity index (χ4v) is 5.70. The van der Waals surface area contributed by atoms with Gasteiger partial charge in [-0.1, -0.05) is 11.6 Å². The number of hydrogen-bond donors (Lipinski definition) is 1. The van der Waals surface area contributed by atoms with Crippen LogP contribution >= 0.6 is 22.9 Å². The largest absolute Gasteiger partial charge is 0.477 e. The molecule has 0 amide bonds. The first-order valence-corrected chi connectivity index (χ1v) is 10.5. The van der Waals surface area contributed by atoms with Crippen molar-refractivity contribution in [2.45, 2.75) is 11.1 Å². The second-order valence-electron chi connectivity index (χ2n) is 5.84. The third-order valence-corrected chi connectivity index (χ3v) is 7.38. The molecule has 1 aliphatic rings. The van der Waals surface area contributed by atoms with Gasteiger partial charge in [-0.05, 0) is 17.5 Å². The Bertz CT molecular complexity index is 1000. The number of aromatic carboxylic acids is 1. The molecule has 0 atom stereocenters. The maximum atomic E-state index is 12.7. The highest BCUT2D eigenvalue weighted by Gasteiger charge is 2.35. The van der Waals surface area contributed by atoms with Gasteiger partial charge in [-0.25, -0.2) is 18.2 Å². The molecule has 0 radical (unpaired) electrons. The van der Waals surface area contributed by atoms with Crippen molar-refractivity contribution in [2.75, 3.05) is 31.1 Å². The zero-order valence-corrected chi connectivity index (χ0v) is 16.4. The van der Waals surface area contributed by atoms with Crippen LogP contribution in [0.5, 0.6) is 0 Å². The summed E-state index contributed by atoms with van der Waals surface area (Å²) >= 11 is 6.75. The van der Waals surface area contributed by atoms with Crippen molar-refractivity contribution in [1.29, 1.82) is 0 Å². The van der Waals surface area contributed by atoms with E-state index in [9.17, 15) is 26.4 Å². The third-order valence-electron chi connectivity index (χ3n) is 4.13. The number of carboxylic acid groups (broad SMARTS) is 1. The number of carbonyl (C=O) groups is 1. The number of pyridine rings is 1. The van der Waals surface area contributed by atoms with Crippen molar-refractivity contribution in [3.05, 3.63) is 39.2 Å². The second kappa shape index (κ2) is 7.50. The van der Waals surface area contributed by atoms with Crippen LogP contribution in [0, 0.1) is 0 Å². The lowest BCUT2D eigenvalue weighted by Gasteiger charge is -2.35. The summed E-state index contributed by atoms with van der Waals surface area (Å²) in [6.45, 7) is 0.306. The molecular weight excluding hydrogens is 443 g/mol. The van der Waals surface area contributed by atoms with Crippen LogP contribution in [-0.2, 0) is 16.2 Å². The van der Waals surface area contributed by atoms with Gasteiger partial charge in [0, 0.05) is 32.4 Å². The third kappa shape index (κ3) is 3.95. The first-order valence-electron chi connectivity index (χ1n) is 7.80. The molecule has 3 rings (SSSR count). The van der Waals surface area contributed by atoms with Gasteiger partial charge in [0.25, 0.3) is 0 Å². The number of halogens is 4. The predicted octanol–water partition coefficient (Wildman–Crippen LogP) is 3.02. The van der Waals surface area contributed by atoms with Gasteiger partial charge in [-0.3, -0.25) is 0 Å². The highest BCUT2D eigenvalue weighted by atomic mass is 35.5. The van der Waals surface area contributed by atoms with Crippen molar-refractivity contribution in [3.8, 4) is 0 Å². The van der Waals surface area contributed by atoms with Crippen LogP contribution in [0.4, 0.5) is 19.0 Å². The Hall–Kier alpha value is -1.89. The van der Waals surface area contributed by atoms with E-state index in [1.165, 1.54) is 11.4 Å². The molecule has 13 heteroatoms. The molecule has 1 fully saturated rings. The topological polar surface area (TPSA) is 90.8 Å². The number of nitrogens with zero attached hydrogens (tertiary/aromatic N) is 3. The maximum absolute atomic E-state index is 12.7. The van der Waals surface area contributed by atoms with Crippen LogP contribution in [-0.4, -0.2) is 55.0 Å². The molecule has 0 unspecified atom stereocenters. The van der Waals surface area contributed by atoms with E-state index in [4.69, 9.17) is 16.7 Å². The Morgan fingerprint density at radius 1 is 1.25 bits per heavy atom. The second-order valence-corrected chi connectivity index (χ2v) is 9.07. The molecule has 0 spiro atoms. The van der Waals surface area contributed by atoms with E-state index >= 15 is 0 Å². The Labute approximate surface area is 167 Å². The number of piperazine rings is 1. The van der Waals surface area contributed by atoms with E-state index in [0.717, 1.165) is 21.7 Å². The minimum atomic E-state index is -4.57. The van der Waals surface area contributed by atoms with Crippen LogP contribution in [0.1, 0.15) is 15.2 Å². The van der Waals surface area contributed by atoms with E-state index in [0.29, 0.717) is 6.20 Å². The zero-order valence-electron chi connectivity index (χ0n) is 14.0. The van der Waals surface area contributed by atoms with Crippen molar-refractivity contribution in [3.63, 3.8) is 0 Å². The first kappa shape index (κ1) is 20.8. The molecule has 152 valence electrons. The van der Waals surface area contributed by atoms with Gasteiger partial charge in [0.05, 0.1) is 10.6 Å².